The van der Waals surface area contributed by atoms with Crippen LogP contribution < -0.4 is 16.4 Å². The molecule has 0 unspecified atom stereocenters. The molecule has 2 rings (SSSR count). The molecule has 0 amide bonds. The van der Waals surface area contributed by atoms with Crippen molar-refractivity contribution in [1.29, 1.82) is 0 Å². The van der Waals surface area contributed by atoms with Gasteiger partial charge >= 0.3 is 6.18 Å². The second kappa shape index (κ2) is 8.33. The van der Waals surface area contributed by atoms with Crippen LogP contribution in [-0.4, -0.2) is 49.2 Å². The van der Waals surface area contributed by atoms with Crippen LogP contribution in [0.1, 0.15) is 25.3 Å². The van der Waals surface area contributed by atoms with Crippen LogP contribution in [0.3, 0.4) is 0 Å². The molecule has 4 N–H and O–H groups in total. The summed E-state index contributed by atoms with van der Waals surface area (Å²) in [6, 6.07) is 0. The smallest absolute Gasteiger partial charge is 0.403 e. The Bertz CT molecular complexity index is 877. The van der Waals surface area contributed by atoms with Gasteiger partial charge in [0.1, 0.15) is 21.2 Å². The molecule has 1 saturated carbocycles. The Kier molecular flexibility index (Phi) is 6.52. The van der Waals surface area contributed by atoms with Crippen molar-refractivity contribution in [3.63, 3.8) is 0 Å². The van der Waals surface area contributed by atoms with E-state index in [0.717, 1.165) is 0 Å². The van der Waals surface area contributed by atoms with E-state index in [1.165, 1.54) is 19.5 Å². The van der Waals surface area contributed by atoms with Gasteiger partial charge in [-0.1, -0.05) is 0 Å². The van der Waals surface area contributed by atoms with Crippen LogP contribution >= 0.6 is 0 Å². The lowest BCUT2D eigenvalue weighted by Gasteiger charge is -2.32. The van der Waals surface area contributed by atoms with Gasteiger partial charge in [-0.15, -0.1) is 0 Å². The molecule has 0 spiro atoms. The van der Waals surface area contributed by atoms with Gasteiger partial charge in [0.25, 0.3) is 0 Å². The van der Waals surface area contributed by atoms with E-state index in [-0.39, 0.29) is 22.9 Å². The summed E-state index contributed by atoms with van der Waals surface area (Å²) in [6.07, 6.45) is -0.310. The third-order valence-corrected chi connectivity index (χ3v) is 6.11. The number of anilines is 2. The van der Waals surface area contributed by atoms with Crippen LogP contribution in [0, 0.1) is 5.92 Å². The summed E-state index contributed by atoms with van der Waals surface area (Å²) < 4.78 is 61.6. The molecule has 0 saturated heterocycles. The van der Waals surface area contributed by atoms with Gasteiger partial charge in [-0.2, -0.15) is 18.2 Å². The fraction of sp³-hybridized carbons (Fsp3) is 0.562. The molecule has 28 heavy (non-hydrogen) atoms. The topological polar surface area (TPSA) is 122 Å². The zero-order chi connectivity index (χ0) is 21.1. The number of halogens is 3. The van der Waals surface area contributed by atoms with Gasteiger partial charge in [0.15, 0.2) is 0 Å². The summed E-state index contributed by atoms with van der Waals surface area (Å²) in [5.74, 6) is -0.256. The van der Waals surface area contributed by atoms with Crippen molar-refractivity contribution in [3.8, 4) is 0 Å². The zero-order valence-electron chi connectivity index (χ0n) is 15.7. The lowest BCUT2D eigenvalue weighted by atomic mass is 9.85. The minimum atomic E-state index is -4.58. The molecule has 0 radical (unpaired) electrons. The molecule has 1 aliphatic carbocycles. The van der Waals surface area contributed by atoms with Crippen molar-refractivity contribution in [2.75, 3.05) is 30.5 Å². The van der Waals surface area contributed by atoms with Crippen molar-refractivity contribution in [1.82, 2.24) is 9.97 Å². The maximum absolute atomic E-state index is 12.9. The quantitative estimate of drug-likeness (QED) is 0.577. The van der Waals surface area contributed by atoms with Gasteiger partial charge in [0, 0.05) is 32.2 Å². The largest absolute Gasteiger partial charge is 0.421 e. The Morgan fingerprint density at radius 1 is 1.43 bits per heavy atom. The predicted molar refractivity (Wildman–Crippen MR) is 102 cm³/mol. The van der Waals surface area contributed by atoms with Crippen molar-refractivity contribution >= 4 is 27.3 Å². The Labute approximate surface area is 161 Å². The Balaban J connectivity index is 2.04. The second-order valence-electron chi connectivity index (χ2n) is 6.62. The van der Waals surface area contributed by atoms with Crippen LogP contribution in [0.15, 0.2) is 23.1 Å². The summed E-state index contributed by atoms with van der Waals surface area (Å²) in [6.45, 7) is 2.12. The third-order valence-electron chi connectivity index (χ3n) is 4.52. The lowest BCUT2D eigenvalue weighted by Crippen LogP contribution is -2.36. The van der Waals surface area contributed by atoms with Crippen molar-refractivity contribution in [3.05, 3.63) is 23.7 Å². The van der Waals surface area contributed by atoms with Gasteiger partial charge in [0.05, 0.1) is 16.7 Å². The summed E-state index contributed by atoms with van der Waals surface area (Å²) >= 11 is 0. The van der Waals surface area contributed by atoms with Crippen LogP contribution in [0.25, 0.3) is 0 Å². The average molecular weight is 420 g/mol. The summed E-state index contributed by atoms with van der Waals surface area (Å²) in [5.41, 5.74) is 5.47. The van der Waals surface area contributed by atoms with E-state index in [0.29, 0.717) is 37.0 Å². The van der Waals surface area contributed by atoms with E-state index >= 15 is 0 Å². The lowest BCUT2D eigenvalue weighted by molar-refractivity contribution is -0.137. The Morgan fingerprint density at radius 3 is 2.57 bits per heavy atom. The number of nitrogens with zero attached hydrogens (tertiary/aromatic N) is 3. The molecule has 1 aromatic rings. The van der Waals surface area contributed by atoms with Crippen molar-refractivity contribution in [2.45, 2.75) is 31.2 Å². The average Bonchev–Trinajstić information content (AvgIpc) is 2.55. The molecule has 1 aliphatic rings. The maximum Gasteiger partial charge on any atom is 0.421 e. The molecule has 0 bridgehead atoms. The Hall–Kier alpha value is -2.37. The van der Waals surface area contributed by atoms with Crippen molar-refractivity contribution in [2.24, 2.45) is 16.6 Å². The molecule has 1 heterocycles. The molecule has 0 aromatic carbocycles. The third kappa shape index (κ3) is 5.33. The van der Waals surface area contributed by atoms with Gasteiger partial charge in [-0.25, -0.2) is 13.4 Å². The van der Waals surface area contributed by atoms with Gasteiger partial charge in [-0.3, -0.25) is 4.99 Å². The Morgan fingerprint density at radius 2 is 2.07 bits per heavy atom. The first-order valence-electron chi connectivity index (χ1n) is 8.47. The second-order valence-corrected chi connectivity index (χ2v) is 8.95. The highest BCUT2D eigenvalue weighted by atomic mass is 32.2. The van der Waals surface area contributed by atoms with E-state index < -0.39 is 21.6 Å². The minimum Gasteiger partial charge on any atom is -0.403 e. The summed E-state index contributed by atoms with van der Waals surface area (Å²) in [7, 11) is -1.69. The molecule has 12 heteroatoms. The van der Waals surface area contributed by atoms with E-state index in [1.807, 2.05) is 0 Å². The first kappa shape index (κ1) is 21.9. The molecule has 1 aromatic heterocycles. The van der Waals surface area contributed by atoms with Gasteiger partial charge in [0.2, 0.25) is 5.95 Å². The standard InChI is InChI=1S/C16H23F3N6O2S/c1-9(22-7-10-4-11(5-10)28(3,26)27)13(6-20)24-15-23-8-12(16(17,18)19)14(21-2)25-15/h6,8,10-11H,4-5,7,20H2,1-3H3,(H2,21,23,24,25)/b13-6+,22-9?. The van der Waals surface area contributed by atoms with E-state index in [4.69, 9.17) is 5.73 Å². The fourth-order valence-electron chi connectivity index (χ4n) is 2.74. The van der Waals surface area contributed by atoms with Crippen LogP contribution in [0.5, 0.6) is 0 Å². The number of aromatic nitrogens is 2. The zero-order valence-corrected chi connectivity index (χ0v) is 16.5. The number of hydrogen-bond acceptors (Lipinski definition) is 8. The molecule has 1 fully saturated rings. The van der Waals surface area contributed by atoms with E-state index in [9.17, 15) is 21.6 Å². The highest BCUT2D eigenvalue weighted by Gasteiger charge is 2.36. The SMILES string of the molecule is CNc1nc(N/C(=C/N)C(C)=NCC2CC(S(C)(=O)=O)C2)ncc1C(F)(F)F. The molecule has 8 nitrogen and oxygen atoms in total. The van der Waals surface area contributed by atoms with Crippen LogP contribution in [0.4, 0.5) is 24.9 Å². The molecule has 0 atom stereocenters. The van der Waals surface area contributed by atoms with Crippen LogP contribution in [-0.2, 0) is 16.0 Å². The first-order valence-corrected chi connectivity index (χ1v) is 10.4. The van der Waals surface area contributed by atoms with Crippen molar-refractivity contribution < 1.29 is 21.6 Å². The van der Waals surface area contributed by atoms with E-state index in [1.54, 1.807) is 6.92 Å². The fourth-order valence-corrected chi connectivity index (χ4v) is 3.98. The number of sulfone groups is 1. The van der Waals surface area contributed by atoms with Gasteiger partial charge < -0.3 is 16.4 Å². The number of nitrogens with one attached hydrogen (secondary N) is 2. The number of alkyl halides is 3. The normalized spacial score (nSPS) is 21.2. The number of aliphatic imine (C=N–C) groups is 1. The predicted octanol–water partition coefficient (Wildman–Crippen LogP) is 2.03. The number of hydrogen-bond donors (Lipinski definition) is 3. The molecular weight excluding hydrogens is 397 g/mol. The molecule has 0 aliphatic heterocycles. The summed E-state index contributed by atoms with van der Waals surface area (Å²) in [4.78, 5) is 11.9. The first-order chi connectivity index (χ1) is 13.0. The van der Waals surface area contributed by atoms with Crippen LogP contribution in [0.2, 0.25) is 0 Å². The molecular formula is C16H23F3N6O2S. The number of rotatable bonds is 7. The van der Waals surface area contributed by atoms with E-state index in [2.05, 4.69) is 25.6 Å². The minimum absolute atomic E-state index is 0.0654. The van der Waals surface area contributed by atoms with Gasteiger partial charge in [-0.05, 0) is 25.7 Å². The maximum atomic E-state index is 12.9. The summed E-state index contributed by atoms with van der Waals surface area (Å²) in [5, 5.41) is 4.84. The highest BCUT2D eigenvalue weighted by Crippen LogP contribution is 2.34. The number of allylic oxidation sites excluding steroid dienone is 1. The highest BCUT2D eigenvalue weighted by molar-refractivity contribution is 7.91. The monoisotopic (exact) mass is 420 g/mol. The number of nitrogens with two attached hydrogens (primary N) is 1. The molecule has 156 valence electrons.